The zero-order valence-corrected chi connectivity index (χ0v) is 12.2. The molecule has 1 N–H and O–H groups in total. The van der Waals surface area contributed by atoms with E-state index in [1.54, 1.807) is 0 Å². The van der Waals surface area contributed by atoms with Crippen molar-refractivity contribution < 1.29 is 4.98 Å². The number of aromatic nitrogens is 1. The van der Waals surface area contributed by atoms with Gasteiger partial charge in [0.05, 0.1) is 10.8 Å². The van der Waals surface area contributed by atoms with E-state index in [-0.39, 0.29) is 5.41 Å². The molecule has 100 valence electrons. The highest BCUT2D eigenvalue weighted by atomic mass is 14.6. The molecule has 1 aromatic heterocycles. The maximum absolute atomic E-state index is 3.46. The second-order valence-electron chi connectivity index (χ2n) is 6.54. The van der Waals surface area contributed by atoms with Gasteiger partial charge in [0, 0.05) is 16.9 Å². The van der Waals surface area contributed by atoms with Gasteiger partial charge in [-0.1, -0.05) is 44.2 Å². The average Bonchev–Trinajstić information content (AvgIpc) is 2.76. The summed E-state index contributed by atoms with van der Waals surface area (Å²) >= 11 is 0. The molecule has 0 fully saturated rings. The van der Waals surface area contributed by atoms with E-state index in [2.05, 4.69) is 67.4 Å². The monoisotopic (exact) mass is 270 g/mol. The lowest BCUT2D eigenvalue weighted by Crippen LogP contribution is -2.14. The van der Waals surface area contributed by atoms with Crippen LogP contribution in [0.4, 0.5) is 0 Å². The van der Waals surface area contributed by atoms with Crippen molar-refractivity contribution in [2.45, 2.75) is 19.3 Å². The fourth-order valence-corrected chi connectivity index (χ4v) is 4.15. The summed E-state index contributed by atoms with van der Waals surface area (Å²) in [5, 5.41) is 6.90. The van der Waals surface area contributed by atoms with Gasteiger partial charge in [-0.05, 0) is 34.0 Å². The molecule has 1 aliphatic rings. The van der Waals surface area contributed by atoms with Gasteiger partial charge in [-0.2, -0.15) is 0 Å². The highest BCUT2D eigenvalue weighted by Gasteiger charge is 2.35. The van der Waals surface area contributed by atoms with Gasteiger partial charge < -0.3 is 0 Å². The Morgan fingerprint density at radius 1 is 0.714 bits per heavy atom. The Hall–Kier alpha value is -2.41. The molecular formula is C20H16N+. The Labute approximate surface area is 123 Å². The van der Waals surface area contributed by atoms with Crippen LogP contribution in [0.3, 0.4) is 0 Å². The summed E-state index contributed by atoms with van der Waals surface area (Å²) in [5.74, 6) is 0. The topological polar surface area (TPSA) is 14.1 Å². The summed E-state index contributed by atoms with van der Waals surface area (Å²) in [6.45, 7) is 4.68. The van der Waals surface area contributed by atoms with Crippen LogP contribution in [0.2, 0.25) is 0 Å². The summed E-state index contributed by atoms with van der Waals surface area (Å²) in [7, 11) is 0. The van der Waals surface area contributed by atoms with Crippen molar-refractivity contribution in [1.29, 1.82) is 0 Å². The van der Waals surface area contributed by atoms with Crippen LogP contribution in [0.5, 0.6) is 0 Å². The Balaban J connectivity index is 2.26. The predicted octanol–water partition coefficient (Wildman–Crippen LogP) is 4.60. The number of aromatic amines is 1. The van der Waals surface area contributed by atoms with Crippen molar-refractivity contribution in [2.75, 3.05) is 0 Å². The largest absolute Gasteiger partial charge is 0.219 e. The molecule has 0 unspecified atom stereocenters. The van der Waals surface area contributed by atoms with Crippen LogP contribution in [-0.2, 0) is 5.41 Å². The van der Waals surface area contributed by atoms with Crippen LogP contribution in [0, 0.1) is 0 Å². The minimum Gasteiger partial charge on any atom is -0.211 e. The van der Waals surface area contributed by atoms with Crippen molar-refractivity contribution >= 4 is 32.4 Å². The number of hydrogen-bond acceptors (Lipinski definition) is 0. The molecule has 0 saturated heterocycles. The van der Waals surface area contributed by atoms with E-state index < -0.39 is 0 Å². The Morgan fingerprint density at radius 2 is 1.33 bits per heavy atom. The number of rotatable bonds is 0. The van der Waals surface area contributed by atoms with Crippen molar-refractivity contribution in [3.05, 3.63) is 65.9 Å². The normalized spacial score (nSPS) is 15.5. The van der Waals surface area contributed by atoms with Crippen LogP contribution in [0.15, 0.2) is 54.7 Å². The summed E-state index contributed by atoms with van der Waals surface area (Å²) in [6.07, 6.45) is 2.02. The van der Waals surface area contributed by atoms with Gasteiger partial charge >= 0.3 is 0 Å². The summed E-state index contributed by atoms with van der Waals surface area (Å²) in [5.41, 5.74) is 4.23. The molecule has 0 saturated carbocycles. The van der Waals surface area contributed by atoms with Gasteiger partial charge in [0.15, 0.2) is 6.20 Å². The Bertz CT molecular complexity index is 973. The number of nitrogens with one attached hydrogen (secondary N) is 1. The van der Waals surface area contributed by atoms with Crippen molar-refractivity contribution in [3.8, 4) is 0 Å². The van der Waals surface area contributed by atoms with Crippen LogP contribution >= 0.6 is 0 Å². The van der Waals surface area contributed by atoms with Crippen LogP contribution in [-0.4, -0.2) is 0 Å². The van der Waals surface area contributed by atoms with Gasteiger partial charge in [-0.25, -0.2) is 4.98 Å². The number of benzene rings is 3. The second-order valence-corrected chi connectivity index (χ2v) is 6.54. The first-order chi connectivity index (χ1) is 10.2. The van der Waals surface area contributed by atoms with Gasteiger partial charge in [0.25, 0.3) is 0 Å². The lowest BCUT2D eigenvalue weighted by molar-refractivity contribution is -0.343. The van der Waals surface area contributed by atoms with Crippen LogP contribution in [0.1, 0.15) is 25.0 Å². The molecule has 0 spiro atoms. The molecule has 0 atom stereocenters. The maximum atomic E-state index is 3.46. The highest BCUT2D eigenvalue weighted by Crippen LogP contribution is 2.50. The third kappa shape index (κ3) is 1.16. The third-order valence-electron chi connectivity index (χ3n) is 5.14. The van der Waals surface area contributed by atoms with E-state index in [4.69, 9.17) is 0 Å². The molecule has 1 heterocycles. The zero-order valence-electron chi connectivity index (χ0n) is 12.2. The first-order valence-corrected chi connectivity index (χ1v) is 7.48. The first-order valence-electron chi connectivity index (χ1n) is 7.48. The van der Waals surface area contributed by atoms with Crippen LogP contribution < -0.4 is 4.98 Å². The van der Waals surface area contributed by atoms with Crippen molar-refractivity contribution in [2.24, 2.45) is 0 Å². The minimum atomic E-state index is 0.0821. The molecular weight excluding hydrogens is 254 g/mol. The molecule has 1 aliphatic carbocycles. The molecule has 0 bridgehead atoms. The molecule has 5 rings (SSSR count). The summed E-state index contributed by atoms with van der Waals surface area (Å²) in [4.78, 5) is 3.46. The Morgan fingerprint density at radius 3 is 2.10 bits per heavy atom. The van der Waals surface area contributed by atoms with E-state index in [9.17, 15) is 0 Å². The van der Waals surface area contributed by atoms with Crippen LogP contribution in [0.25, 0.3) is 32.4 Å². The zero-order chi connectivity index (χ0) is 14.2. The molecule has 4 aromatic rings. The summed E-state index contributed by atoms with van der Waals surface area (Å²) < 4.78 is 0. The van der Waals surface area contributed by atoms with Gasteiger partial charge in [0.1, 0.15) is 0 Å². The van der Waals surface area contributed by atoms with E-state index in [0.717, 1.165) is 0 Å². The molecule has 1 heteroatoms. The lowest BCUT2D eigenvalue weighted by atomic mass is 9.82. The van der Waals surface area contributed by atoms with E-state index in [1.807, 2.05) is 6.20 Å². The summed E-state index contributed by atoms with van der Waals surface area (Å²) in [6, 6.07) is 17.8. The minimum absolute atomic E-state index is 0.0821. The number of H-pyrrole nitrogens is 1. The number of pyridine rings is 1. The maximum Gasteiger partial charge on any atom is 0.219 e. The van der Waals surface area contributed by atoms with Crippen molar-refractivity contribution in [3.63, 3.8) is 0 Å². The molecule has 21 heavy (non-hydrogen) atoms. The van der Waals surface area contributed by atoms with Gasteiger partial charge in [0.2, 0.25) is 5.52 Å². The van der Waals surface area contributed by atoms with Crippen molar-refractivity contribution in [1.82, 2.24) is 0 Å². The quantitative estimate of drug-likeness (QED) is 0.415. The predicted molar refractivity (Wildman–Crippen MR) is 87.6 cm³/mol. The molecule has 0 amide bonds. The van der Waals surface area contributed by atoms with E-state index in [1.165, 1.54) is 43.6 Å². The standard InChI is InChI=1S/C20H15N/c1-20(2)15-9-3-6-12-13-8-5-11-21-19(13)14-7-4-10-16(20)18(14)17(12)15/h3-11H,1-2H3/p+1. The fraction of sp³-hybridized carbons (Fsp3) is 0.150. The van der Waals surface area contributed by atoms with Gasteiger partial charge in [-0.3, -0.25) is 0 Å². The van der Waals surface area contributed by atoms with E-state index in [0.29, 0.717) is 0 Å². The van der Waals surface area contributed by atoms with E-state index >= 15 is 0 Å². The molecule has 3 aromatic carbocycles. The molecule has 1 nitrogen and oxygen atoms in total. The fourth-order valence-electron chi connectivity index (χ4n) is 4.15. The number of hydrogen-bond donors (Lipinski definition) is 0. The Kier molecular flexibility index (Phi) is 1.84. The first kappa shape index (κ1) is 11.3. The lowest BCUT2D eigenvalue weighted by Gasteiger charge is -2.21. The SMILES string of the molecule is CC1(C)c2cccc3c4ccc[nH+]c4c4cccc1c4c23. The average molecular weight is 270 g/mol. The number of fused-ring (bicyclic) bond motifs is 3. The second kappa shape index (κ2) is 3.43. The molecule has 0 radical (unpaired) electrons. The molecule has 0 aliphatic heterocycles. The smallest absolute Gasteiger partial charge is 0.211 e. The third-order valence-corrected chi connectivity index (χ3v) is 5.14. The van der Waals surface area contributed by atoms with Gasteiger partial charge in [-0.15, -0.1) is 0 Å². The highest BCUT2D eigenvalue weighted by molar-refractivity contribution is 6.27.